The molecule has 2 aromatic rings. The quantitative estimate of drug-likeness (QED) is 0.581. The summed E-state index contributed by atoms with van der Waals surface area (Å²) in [6.45, 7) is 4.35. The molecule has 0 bridgehead atoms. The molecule has 3 nitrogen and oxygen atoms in total. The van der Waals surface area contributed by atoms with Crippen LogP contribution in [-0.2, 0) is 6.42 Å². The van der Waals surface area contributed by atoms with E-state index in [1.165, 1.54) is 15.6 Å². The van der Waals surface area contributed by atoms with Crippen molar-refractivity contribution in [1.29, 1.82) is 0 Å². The molecule has 0 saturated carbocycles. The van der Waals surface area contributed by atoms with E-state index in [9.17, 15) is 0 Å². The second-order valence-electron chi connectivity index (χ2n) is 4.33. The molecule has 0 unspecified atom stereocenters. The number of benzene rings is 1. The molecule has 19 heavy (non-hydrogen) atoms. The van der Waals surface area contributed by atoms with Crippen molar-refractivity contribution in [2.75, 3.05) is 13.1 Å². The molecule has 1 aromatic carbocycles. The maximum absolute atomic E-state index is 4.31. The number of nitrogens with zero attached hydrogens (tertiary/aromatic N) is 2. The highest BCUT2D eigenvalue weighted by atomic mass is 127. The van der Waals surface area contributed by atoms with Gasteiger partial charge in [-0.2, -0.15) is 0 Å². The molecule has 0 amide bonds. The minimum atomic E-state index is 1.01. The van der Waals surface area contributed by atoms with Crippen LogP contribution in [0.1, 0.15) is 24.8 Å². The molecule has 1 heterocycles. The van der Waals surface area contributed by atoms with Crippen LogP contribution >= 0.6 is 33.9 Å². The molecule has 0 aliphatic carbocycles. The molecule has 1 aromatic heterocycles. The fraction of sp³-hybridized carbons (Fsp3) is 0.429. The number of hydrogen-bond donors (Lipinski definition) is 1. The third kappa shape index (κ3) is 4.50. The van der Waals surface area contributed by atoms with Crippen molar-refractivity contribution in [3.05, 3.63) is 32.8 Å². The summed E-state index contributed by atoms with van der Waals surface area (Å²) in [7, 11) is 0. The summed E-state index contributed by atoms with van der Waals surface area (Å²) in [5, 5.41) is 14.2. The zero-order chi connectivity index (χ0) is 13.5. The SMILES string of the molecule is CCCNCCCc1nnc(-c2ccccc2I)s1. The van der Waals surface area contributed by atoms with E-state index < -0.39 is 0 Å². The van der Waals surface area contributed by atoms with Crippen LogP contribution in [-0.4, -0.2) is 23.3 Å². The lowest BCUT2D eigenvalue weighted by atomic mass is 10.2. The van der Waals surface area contributed by atoms with Gasteiger partial charge in [0.05, 0.1) is 0 Å². The monoisotopic (exact) mass is 387 g/mol. The number of aromatic nitrogens is 2. The van der Waals surface area contributed by atoms with E-state index >= 15 is 0 Å². The Kier molecular flexibility index (Phi) is 6.19. The van der Waals surface area contributed by atoms with Crippen LogP contribution in [0.5, 0.6) is 0 Å². The number of rotatable bonds is 7. The number of hydrogen-bond acceptors (Lipinski definition) is 4. The highest BCUT2D eigenvalue weighted by Crippen LogP contribution is 2.28. The van der Waals surface area contributed by atoms with Crippen molar-refractivity contribution >= 4 is 33.9 Å². The summed E-state index contributed by atoms with van der Waals surface area (Å²) in [5.41, 5.74) is 1.19. The maximum atomic E-state index is 4.31. The largest absolute Gasteiger partial charge is 0.317 e. The fourth-order valence-electron chi connectivity index (χ4n) is 1.76. The van der Waals surface area contributed by atoms with Crippen LogP contribution in [0.25, 0.3) is 10.6 Å². The average Bonchev–Trinajstić information content (AvgIpc) is 2.88. The van der Waals surface area contributed by atoms with E-state index in [1.807, 2.05) is 12.1 Å². The summed E-state index contributed by atoms with van der Waals surface area (Å²) in [6.07, 6.45) is 3.33. The first-order chi connectivity index (χ1) is 9.31. The van der Waals surface area contributed by atoms with E-state index in [1.54, 1.807) is 11.3 Å². The second-order valence-corrected chi connectivity index (χ2v) is 6.56. The van der Waals surface area contributed by atoms with Gasteiger partial charge in [-0.05, 0) is 54.6 Å². The average molecular weight is 387 g/mol. The predicted molar refractivity (Wildman–Crippen MR) is 89.5 cm³/mol. The van der Waals surface area contributed by atoms with Gasteiger partial charge in [0, 0.05) is 15.6 Å². The molecular formula is C14H18IN3S. The summed E-state index contributed by atoms with van der Waals surface area (Å²) < 4.78 is 1.23. The van der Waals surface area contributed by atoms with Crippen LogP contribution in [0, 0.1) is 3.57 Å². The van der Waals surface area contributed by atoms with Crippen molar-refractivity contribution in [3.8, 4) is 10.6 Å². The minimum absolute atomic E-state index is 1.01. The van der Waals surface area contributed by atoms with Crippen LogP contribution < -0.4 is 5.32 Å². The minimum Gasteiger partial charge on any atom is -0.317 e. The molecule has 0 aliphatic heterocycles. The Morgan fingerprint density at radius 3 is 2.84 bits per heavy atom. The highest BCUT2D eigenvalue weighted by Gasteiger charge is 2.08. The summed E-state index contributed by atoms with van der Waals surface area (Å²) in [4.78, 5) is 0. The molecular weight excluding hydrogens is 369 g/mol. The van der Waals surface area contributed by atoms with Crippen LogP contribution in [0.15, 0.2) is 24.3 Å². The third-order valence-corrected chi connectivity index (χ3v) is 4.70. The van der Waals surface area contributed by atoms with Gasteiger partial charge in [-0.1, -0.05) is 36.5 Å². The van der Waals surface area contributed by atoms with Crippen molar-refractivity contribution in [2.45, 2.75) is 26.2 Å². The molecule has 0 fully saturated rings. The Morgan fingerprint density at radius 2 is 2.05 bits per heavy atom. The van der Waals surface area contributed by atoms with E-state index in [0.717, 1.165) is 35.9 Å². The Balaban J connectivity index is 1.91. The molecule has 1 N–H and O–H groups in total. The molecule has 0 radical (unpaired) electrons. The van der Waals surface area contributed by atoms with Crippen molar-refractivity contribution < 1.29 is 0 Å². The van der Waals surface area contributed by atoms with Gasteiger partial charge >= 0.3 is 0 Å². The first-order valence-electron chi connectivity index (χ1n) is 6.59. The zero-order valence-corrected chi connectivity index (χ0v) is 14.0. The standard InChI is InChI=1S/C14H18IN3S/c1-2-9-16-10-5-8-13-17-18-14(19-13)11-6-3-4-7-12(11)15/h3-4,6-7,16H,2,5,8-10H2,1H3. The van der Waals surface area contributed by atoms with Gasteiger partial charge < -0.3 is 5.32 Å². The lowest BCUT2D eigenvalue weighted by Gasteiger charge is -2.00. The van der Waals surface area contributed by atoms with Gasteiger partial charge in [0.15, 0.2) is 0 Å². The van der Waals surface area contributed by atoms with Gasteiger partial charge in [-0.3, -0.25) is 0 Å². The van der Waals surface area contributed by atoms with Gasteiger partial charge in [0.1, 0.15) is 10.0 Å². The number of halogens is 1. The van der Waals surface area contributed by atoms with Gasteiger partial charge in [-0.25, -0.2) is 0 Å². The smallest absolute Gasteiger partial charge is 0.148 e. The van der Waals surface area contributed by atoms with E-state index in [0.29, 0.717) is 0 Å². The predicted octanol–water partition coefficient (Wildman–Crippen LogP) is 3.74. The van der Waals surface area contributed by atoms with Gasteiger partial charge in [0.25, 0.3) is 0 Å². The van der Waals surface area contributed by atoms with E-state index in [4.69, 9.17) is 0 Å². The molecule has 5 heteroatoms. The Morgan fingerprint density at radius 1 is 1.21 bits per heavy atom. The second kappa shape index (κ2) is 7.91. The van der Waals surface area contributed by atoms with Crippen LogP contribution in [0.3, 0.4) is 0 Å². The zero-order valence-electron chi connectivity index (χ0n) is 11.0. The molecule has 0 aliphatic rings. The van der Waals surface area contributed by atoms with Gasteiger partial charge in [-0.15, -0.1) is 10.2 Å². The summed E-state index contributed by atoms with van der Waals surface area (Å²) in [5.74, 6) is 0. The lowest BCUT2D eigenvalue weighted by molar-refractivity contribution is 0.637. The van der Waals surface area contributed by atoms with Crippen LogP contribution in [0.2, 0.25) is 0 Å². The topological polar surface area (TPSA) is 37.8 Å². The Bertz CT molecular complexity index is 513. The first kappa shape index (κ1) is 14.9. The van der Waals surface area contributed by atoms with E-state index in [2.05, 4.69) is 57.2 Å². The van der Waals surface area contributed by atoms with Gasteiger partial charge in [0.2, 0.25) is 0 Å². The molecule has 0 atom stereocenters. The first-order valence-corrected chi connectivity index (χ1v) is 8.48. The van der Waals surface area contributed by atoms with Crippen molar-refractivity contribution in [1.82, 2.24) is 15.5 Å². The third-order valence-electron chi connectivity index (χ3n) is 2.74. The number of aryl methyl sites for hydroxylation is 1. The number of nitrogens with one attached hydrogen (secondary N) is 1. The summed E-state index contributed by atoms with van der Waals surface area (Å²) in [6, 6.07) is 8.31. The Labute approximate surface area is 132 Å². The molecule has 102 valence electrons. The maximum Gasteiger partial charge on any atom is 0.148 e. The van der Waals surface area contributed by atoms with Crippen molar-refractivity contribution in [3.63, 3.8) is 0 Å². The fourth-order valence-corrected chi connectivity index (χ4v) is 3.51. The summed E-state index contributed by atoms with van der Waals surface area (Å²) >= 11 is 4.06. The normalized spacial score (nSPS) is 10.8. The molecule has 0 spiro atoms. The van der Waals surface area contributed by atoms with Crippen molar-refractivity contribution in [2.24, 2.45) is 0 Å². The highest BCUT2D eigenvalue weighted by molar-refractivity contribution is 14.1. The van der Waals surface area contributed by atoms with Crippen LogP contribution in [0.4, 0.5) is 0 Å². The van der Waals surface area contributed by atoms with E-state index in [-0.39, 0.29) is 0 Å². The molecule has 0 saturated heterocycles. The Hall–Kier alpha value is -0.530. The lowest BCUT2D eigenvalue weighted by Crippen LogP contribution is -2.16. The molecule has 2 rings (SSSR count).